The first kappa shape index (κ1) is 17.9. The molecule has 5 nitrogen and oxygen atoms in total. The molecular weight excluding hydrogens is 338 g/mol. The minimum absolute atomic E-state index is 0.0150. The Morgan fingerprint density at radius 1 is 1.28 bits per heavy atom. The molecule has 3 fully saturated rings. The molecule has 2 unspecified atom stereocenters. The van der Waals surface area contributed by atoms with Crippen molar-refractivity contribution in [2.24, 2.45) is 17.8 Å². The number of nitrogens with zero attached hydrogens (tertiary/aromatic N) is 2. The van der Waals surface area contributed by atoms with Crippen LogP contribution in [0.25, 0.3) is 12.2 Å². The molecule has 3 saturated carbocycles. The van der Waals surface area contributed by atoms with E-state index in [-0.39, 0.29) is 23.2 Å². The minimum atomic E-state index is -0.136. The summed E-state index contributed by atoms with van der Waals surface area (Å²) in [5, 5.41) is 5.28. The van der Waals surface area contributed by atoms with Gasteiger partial charge in [0.15, 0.2) is 0 Å². The Morgan fingerprint density at radius 3 is 2.56 bits per heavy atom. The molecule has 0 spiro atoms. The van der Waals surface area contributed by atoms with Crippen LogP contribution in [0.2, 0.25) is 5.28 Å². The molecule has 0 aliphatic heterocycles. The zero-order chi connectivity index (χ0) is 18.0. The van der Waals surface area contributed by atoms with Crippen LogP contribution in [-0.2, 0) is 9.53 Å². The molecule has 2 atom stereocenters. The first-order valence-corrected chi connectivity index (χ1v) is 9.13. The molecule has 1 N–H and O–H groups in total. The first-order valence-electron chi connectivity index (χ1n) is 8.76. The van der Waals surface area contributed by atoms with Gasteiger partial charge in [-0.3, -0.25) is 4.79 Å². The number of hydrogen-bond acceptors (Lipinski definition) is 5. The van der Waals surface area contributed by atoms with Crippen molar-refractivity contribution >= 4 is 35.5 Å². The molecule has 0 saturated heterocycles. The Hall–Kier alpha value is -1.88. The van der Waals surface area contributed by atoms with Gasteiger partial charge in [0.2, 0.25) is 5.28 Å². The number of anilines is 1. The minimum Gasteiger partial charge on any atom is -0.469 e. The number of aromatic nitrogens is 2. The molecular formula is C19H24ClN3O2. The molecule has 6 heteroatoms. The van der Waals surface area contributed by atoms with Crippen LogP contribution in [0.3, 0.4) is 0 Å². The van der Waals surface area contributed by atoms with Gasteiger partial charge in [0.05, 0.1) is 18.4 Å². The smallest absolute Gasteiger partial charge is 0.311 e. The van der Waals surface area contributed by atoms with Crippen LogP contribution in [0.5, 0.6) is 0 Å². The number of ether oxygens (including phenoxy) is 1. The van der Waals surface area contributed by atoms with Gasteiger partial charge in [-0.1, -0.05) is 18.7 Å². The fourth-order valence-corrected chi connectivity index (χ4v) is 4.56. The lowest BCUT2D eigenvalue weighted by Crippen LogP contribution is -2.52. The quantitative estimate of drug-likeness (QED) is 0.658. The van der Waals surface area contributed by atoms with Crippen LogP contribution in [0.1, 0.15) is 32.6 Å². The maximum atomic E-state index is 12.4. The summed E-state index contributed by atoms with van der Waals surface area (Å²) in [6.45, 7) is 5.66. The Kier molecular flexibility index (Phi) is 5.42. The van der Waals surface area contributed by atoms with E-state index in [2.05, 4.69) is 21.9 Å². The van der Waals surface area contributed by atoms with Crippen LogP contribution in [-0.4, -0.2) is 29.1 Å². The van der Waals surface area contributed by atoms with E-state index in [1.54, 1.807) is 12.2 Å². The van der Waals surface area contributed by atoms with Gasteiger partial charge in [-0.25, -0.2) is 9.97 Å². The number of carbonyl (C=O) groups is 1. The van der Waals surface area contributed by atoms with E-state index in [4.69, 9.17) is 16.3 Å². The zero-order valence-corrected chi connectivity index (χ0v) is 15.4. The topological polar surface area (TPSA) is 64.1 Å². The maximum Gasteiger partial charge on any atom is 0.311 e. The highest BCUT2D eigenvalue weighted by Crippen LogP contribution is 2.46. The van der Waals surface area contributed by atoms with E-state index in [9.17, 15) is 4.79 Å². The van der Waals surface area contributed by atoms with Gasteiger partial charge in [0.25, 0.3) is 0 Å². The number of hydrogen-bond donors (Lipinski definition) is 1. The number of fused-ring (bicyclic) bond motifs is 3. The van der Waals surface area contributed by atoms with Gasteiger partial charge < -0.3 is 10.1 Å². The van der Waals surface area contributed by atoms with Crippen LogP contribution < -0.4 is 15.9 Å². The van der Waals surface area contributed by atoms with Crippen molar-refractivity contribution in [2.75, 3.05) is 12.4 Å². The van der Waals surface area contributed by atoms with Crippen LogP contribution >= 0.6 is 11.6 Å². The number of rotatable bonds is 4. The zero-order valence-electron chi connectivity index (χ0n) is 14.7. The average molecular weight is 362 g/mol. The van der Waals surface area contributed by atoms with E-state index >= 15 is 0 Å². The van der Waals surface area contributed by atoms with Crippen LogP contribution in [0.15, 0.2) is 12.7 Å². The molecule has 0 amide bonds. The van der Waals surface area contributed by atoms with Gasteiger partial charge in [-0.15, -0.1) is 0 Å². The lowest BCUT2D eigenvalue weighted by Gasteiger charge is -2.47. The maximum absolute atomic E-state index is 12.4. The Labute approximate surface area is 152 Å². The molecule has 0 radical (unpaired) electrons. The monoisotopic (exact) mass is 361 g/mol. The molecule has 1 heterocycles. The van der Waals surface area contributed by atoms with E-state index in [0.29, 0.717) is 17.7 Å². The van der Waals surface area contributed by atoms with Gasteiger partial charge >= 0.3 is 5.97 Å². The van der Waals surface area contributed by atoms with Crippen molar-refractivity contribution in [1.82, 2.24) is 9.97 Å². The summed E-state index contributed by atoms with van der Waals surface area (Å²) in [6, 6.07) is 0.0150. The van der Waals surface area contributed by atoms with E-state index < -0.39 is 0 Å². The lowest BCUT2D eigenvalue weighted by molar-refractivity contribution is -0.152. The van der Waals surface area contributed by atoms with Crippen molar-refractivity contribution < 1.29 is 9.53 Å². The van der Waals surface area contributed by atoms with Crippen molar-refractivity contribution in [3.8, 4) is 0 Å². The first-order chi connectivity index (χ1) is 12.1. The average Bonchev–Trinajstić information content (AvgIpc) is 2.62. The van der Waals surface area contributed by atoms with Gasteiger partial charge in [0.1, 0.15) is 5.82 Å². The van der Waals surface area contributed by atoms with Crippen molar-refractivity contribution in [1.29, 1.82) is 0 Å². The largest absolute Gasteiger partial charge is 0.469 e. The summed E-state index contributed by atoms with van der Waals surface area (Å²) < 4.78 is 5.09. The molecule has 1 aromatic heterocycles. The number of esters is 1. The number of halogens is 1. The van der Waals surface area contributed by atoms with Gasteiger partial charge in [0, 0.05) is 11.3 Å². The molecule has 3 aliphatic rings. The van der Waals surface area contributed by atoms with E-state index in [1.807, 2.05) is 13.0 Å². The highest BCUT2D eigenvalue weighted by molar-refractivity contribution is 6.28. The van der Waals surface area contributed by atoms with Crippen LogP contribution in [0, 0.1) is 17.8 Å². The number of methoxy groups -OCH3 is 1. The lowest BCUT2D eigenvalue weighted by atomic mass is 9.61. The highest BCUT2D eigenvalue weighted by Gasteiger charge is 2.47. The highest BCUT2D eigenvalue weighted by atomic mass is 35.5. The normalized spacial score (nSPS) is 29.6. The second-order valence-corrected chi connectivity index (χ2v) is 7.06. The summed E-state index contributed by atoms with van der Waals surface area (Å²) in [6.07, 6.45) is 9.87. The van der Waals surface area contributed by atoms with Crippen molar-refractivity contribution in [3.63, 3.8) is 0 Å². The Balaban J connectivity index is 2.02. The van der Waals surface area contributed by atoms with E-state index in [0.717, 1.165) is 36.3 Å². The molecule has 3 aliphatic carbocycles. The number of allylic oxidation sites excluding steroid dienone is 1. The van der Waals surface area contributed by atoms with Gasteiger partial charge in [-0.05, 0) is 62.1 Å². The second-order valence-electron chi connectivity index (χ2n) is 6.73. The third-order valence-corrected chi connectivity index (χ3v) is 5.68. The molecule has 2 bridgehead atoms. The fraction of sp³-hybridized carbons (Fsp3) is 0.526. The summed E-state index contributed by atoms with van der Waals surface area (Å²) in [5.74, 6) is 1.22. The third-order valence-electron chi connectivity index (χ3n) is 5.51. The predicted octanol–water partition coefficient (Wildman–Crippen LogP) is 2.29. The molecule has 1 aromatic rings. The fourth-order valence-electron chi connectivity index (χ4n) is 4.38. The Morgan fingerprint density at radius 2 is 1.96 bits per heavy atom. The molecule has 4 rings (SSSR count). The van der Waals surface area contributed by atoms with Crippen molar-refractivity contribution in [2.45, 2.75) is 38.6 Å². The molecule has 134 valence electrons. The number of carbonyl (C=O) groups excluding carboxylic acids is 1. The number of nitrogens with one attached hydrogen (secondary N) is 1. The predicted molar refractivity (Wildman–Crippen MR) is 99.5 cm³/mol. The molecule has 0 aromatic carbocycles. The SMILES string of the molecule is C=C/C=c1/nc(Cl)nc(NC2C3CCC(CC3)C2C(=O)OC)/c1=C/C. The van der Waals surface area contributed by atoms with Crippen LogP contribution in [0.4, 0.5) is 5.82 Å². The summed E-state index contributed by atoms with van der Waals surface area (Å²) in [4.78, 5) is 21.1. The molecule has 25 heavy (non-hydrogen) atoms. The summed E-state index contributed by atoms with van der Waals surface area (Å²) in [7, 11) is 1.46. The second kappa shape index (κ2) is 7.56. The summed E-state index contributed by atoms with van der Waals surface area (Å²) in [5.41, 5.74) is 0. The summed E-state index contributed by atoms with van der Waals surface area (Å²) >= 11 is 6.12. The van der Waals surface area contributed by atoms with Crippen molar-refractivity contribution in [3.05, 3.63) is 28.5 Å². The Bertz CT molecular complexity index is 785. The third kappa shape index (κ3) is 3.43. The standard InChI is InChI=1S/C19H24ClN3O2/c1-4-6-14-13(5-2)17(23-19(20)21-14)22-16-12-9-7-11(8-10-12)15(16)18(24)25-3/h4-6,11-12,15-16H,1,7-10H2,2-3H3,(H,21,22,23)/b13-5+,14-6+. The van der Waals surface area contributed by atoms with Gasteiger partial charge in [-0.2, -0.15) is 0 Å². The van der Waals surface area contributed by atoms with E-state index in [1.165, 1.54) is 7.11 Å².